The molecular formula is C26H38N2O4S. The molecule has 2 saturated heterocycles. The van der Waals surface area contributed by atoms with Crippen molar-refractivity contribution in [2.75, 3.05) is 30.3 Å². The van der Waals surface area contributed by atoms with E-state index in [0.717, 1.165) is 17.9 Å². The fourth-order valence-electron chi connectivity index (χ4n) is 5.51. The summed E-state index contributed by atoms with van der Waals surface area (Å²) in [6, 6.07) is 12.0. The van der Waals surface area contributed by atoms with Crippen molar-refractivity contribution in [1.82, 2.24) is 4.90 Å². The van der Waals surface area contributed by atoms with Crippen LogP contribution in [0.5, 0.6) is 0 Å². The topological polar surface area (TPSA) is 81.1 Å². The first-order valence-electron chi connectivity index (χ1n) is 12.2. The number of carbonyl (C=O) groups is 2. The standard InChI is InChI=1S/C22H34N2S.C4H4O4/c1-18(2)19-8-10-20(11-9-19)23-14-12-22(13-15-23)24(16-17-25-22)21-6-4-3-5-7-21;5-3(6)1-2-4(7)8/h3-7,18-20H,8-17H2,1-2H3;1-2H,(H,5,6)(H,7,8)/t19-,20+;. The van der Waals surface area contributed by atoms with Crippen molar-refractivity contribution in [3.8, 4) is 0 Å². The van der Waals surface area contributed by atoms with Gasteiger partial charge in [-0.2, -0.15) is 0 Å². The second-order valence-electron chi connectivity index (χ2n) is 9.64. The Balaban J connectivity index is 0.000000331. The van der Waals surface area contributed by atoms with E-state index in [1.54, 1.807) is 0 Å². The smallest absolute Gasteiger partial charge is 0.328 e. The molecule has 0 atom stereocenters. The molecule has 1 aromatic rings. The Labute approximate surface area is 202 Å². The molecule has 0 unspecified atom stereocenters. The second-order valence-corrected chi connectivity index (χ2v) is 11.1. The molecule has 2 N–H and O–H groups in total. The zero-order chi connectivity index (χ0) is 23.8. The zero-order valence-corrected chi connectivity index (χ0v) is 20.7. The highest BCUT2D eigenvalue weighted by Crippen LogP contribution is 2.47. The highest BCUT2D eigenvalue weighted by Gasteiger charge is 2.45. The van der Waals surface area contributed by atoms with E-state index in [1.165, 1.54) is 69.6 Å². The molecular weight excluding hydrogens is 436 g/mol. The number of aliphatic carboxylic acids is 2. The lowest BCUT2D eigenvalue weighted by Crippen LogP contribution is -2.53. The van der Waals surface area contributed by atoms with E-state index in [2.05, 4.69) is 65.7 Å². The number of piperidine rings is 1. The molecule has 7 heteroatoms. The molecule has 1 spiro atoms. The van der Waals surface area contributed by atoms with Gasteiger partial charge in [-0.3, -0.25) is 0 Å². The van der Waals surface area contributed by atoms with Gasteiger partial charge in [-0.1, -0.05) is 32.0 Å². The molecule has 4 rings (SSSR count). The first-order valence-corrected chi connectivity index (χ1v) is 13.1. The summed E-state index contributed by atoms with van der Waals surface area (Å²) in [7, 11) is 0. The quantitative estimate of drug-likeness (QED) is 0.584. The van der Waals surface area contributed by atoms with E-state index in [-0.39, 0.29) is 0 Å². The summed E-state index contributed by atoms with van der Waals surface area (Å²) >= 11 is 2.22. The minimum Gasteiger partial charge on any atom is -0.478 e. The lowest BCUT2D eigenvalue weighted by molar-refractivity contribution is -0.134. The monoisotopic (exact) mass is 474 g/mol. The Bertz CT molecular complexity index is 782. The van der Waals surface area contributed by atoms with Gasteiger partial charge in [0.1, 0.15) is 0 Å². The first kappa shape index (κ1) is 25.6. The van der Waals surface area contributed by atoms with Crippen LogP contribution < -0.4 is 4.90 Å². The fourth-order valence-corrected chi connectivity index (χ4v) is 6.99. The maximum atomic E-state index is 9.55. The molecule has 1 saturated carbocycles. The summed E-state index contributed by atoms with van der Waals surface area (Å²) in [5.74, 6) is 0.625. The normalized spacial score (nSPS) is 25.2. The molecule has 0 bridgehead atoms. The molecule has 182 valence electrons. The largest absolute Gasteiger partial charge is 0.478 e. The van der Waals surface area contributed by atoms with Crippen molar-refractivity contribution in [2.24, 2.45) is 11.8 Å². The van der Waals surface area contributed by atoms with Crippen LogP contribution in [0, 0.1) is 11.8 Å². The lowest BCUT2D eigenvalue weighted by Gasteiger charge is -2.48. The van der Waals surface area contributed by atoms with Crippen LogP contribution in [0.4, 0.5) is 5.69 Å². The van der Waals surface area contributed by atoms with Crippen molar-refractivity contribution in [2.45, 2.75) is 63.3 Å². The number of carboxylic acids is 2. The van der Waals surface area contributed by atoms with Gasteiger partial charge in [0.05, 0.1) is 4.87 Å². The van der Waals surface area contributed by atoms with Gasteiger partial charge in [0.25, 0.3) is 0 Å². The molecule has 3 fully saturated rings. The number of anilines is 1. The van der Waals surface area contributed by atoms with Crippen molar-refractivity contribution in [3.05, 3.63) is 42.5 Å². The average Bonchev–Trinajstić information content (AvgIpc) is 3.22. The van der Waals surface area contributed by atoms with Crippen LogP contribution in [-0.2, 0) is 9.59 Å². The number of likely N-dealkylation sites (tertiary alicyclic amines) is 1. The number of thioether (sulfide) groups is 1. The predicted molar refractivity (Wildman–Crippen MR) is 135 cm³/mol. The lowest BCUT2D eigenvalue weighted by atomic mass is 9.79. The minimum absolute atomic E-state index is 0.368. The van der Waals surface area contributed by atoms with Crippen molar-refractivity contribution in [3.63, 3.8) is 0 Å². The van der Waals surface area contributed by atoms with Crippen molar-refractivity contribution in [1.29, 1.82) is 0 Å². The molecule has 0 aromatic heterocycles. The third kappa shape index (κ3) is 7.00. The van der Waals surface area contributed by atoms with Gasteiger partial charge in [-0.05, 0) is 62.5 Å². The molecule has 33 heavy (non-hydrogen) atoms. The van der Waals surface area contributed by atoms with Crippen LogP contribution in [0.25, 0.3) is 0 Å². The minimum atomic E-state index is -1.26. The Kier molecular flexibility index (Phi) is 9.27. The molecule has 6 nitrogen and oxygen atoms in total. The van der Waals surface area contributed by atoms with Crippen LogP contribution in [0.1, 0.15) is 52.4 Å². The SMILES string of the molecule is CC(C)[C@H]1CC[C@@H](N2CCC3(CC2)SCCN3c2ccccc2)CC1.O=C(O)C=CC(=O)O. The molecule has 0 amide bonds. The Morgan fingerprint density at radius 1 is 0.970 bits per heavy atom. The highest BCUT2D eigenvalue weighted by atomic mass is 32.2. The molecule has 0 radical (unpaired) electrons. The van der Waals surface area contributed by atoms with Crippen LogP contribution >= 0.6 is 11.8 Å². The van der Waals surface area contributed by atoms with Crippen LogP contribution in [0.2, 0.25) is 0 Å². The van der Waals surface area contributed by atoms with E-state index in [0.29, 0.717) is 17.0 Å². The number of para-hydroxylation sites is 1. The number of hydrogen-bond acceptors (Lipinski definition) is 5. The second kappa shape index (κ2) is 11.9. The zero-order valence-electron chi connectivity index (χ0n) is 19.9. The number of benzene rings is 1. The van der Waals surface area contributed by atoms with E-state index in [1.807, 2.05) is 0 Å². The summed E-state index contributed by atoms with van der Waals surface area (Å²) in [5, 5.41) is 15.6. The average molecular weight is 475 g/mol. The van der Waals surface area contributed by atoms with Gasteiger partial charge in [0, 0.05) is 49.3 Å². The highest BCUT2D eigenvalue weighted by molar-refractivity contribution is 8.01. The number of hydrogen-bond donors (Lipinski definition) is 2. The van der Waals surface area contributed by atoms with Crippen LogP contribution in [0.15, 0.2) is 42.5 Å². The van der Waals surface area contributed by atoms with Gasteiger partial charge >= 0.3 is 11.9 Å². The molecule has 3 aliphatic rings. The Morgan fingerprint density at radius 3 is 2.06 bits per heavy atom. The molecule has 1 aromatic carbocycles. The van der Waals surface area contributed by atoms with Gasteiger partial charge in [-0.25, -0.2) is 9.59 Å². The van der Waals surface area contributed by atoms with E-state index in [9.17, 15) is 9.59 Å². The summed E-state index contributed by atoms with van der Waals surface area (Å²) in [6.07, 6.45) is 9.55. The summed E-state index contributed by atoms with van der Waals surface area (Å²) in [6.45, 7) is 8.63. The molecule has 2 heterocycles. The van der Waals surface area contributed by atoms with Gasteiger partial charge in [0.2, 0.25) is 0 Å². The van der Waals surface area contributed by atoms with Crippen molar-refractivity contribution < 1.29 is 19.8 Å². The summed E-state index contributed by atoms with van der Waals surface area (Å²) < 4.78 is 0. The summed E-state index contributed by atoms with van der Waals surface area (Å²) in [4.78, 5) is 25.0. The summed E-state index contributed by atoms with van der Waals surface area (Å²) in [5.41, 5.74) is 1.43. The third-order valence-corrected chi connectivity index (χ3v) is 8.95. The Morgan fingerprint density at radius 2 is 1.55 bits per heavy atom. The molecule has 2 aliphatic heterocycles. The van der Waals surface area contributed by atoms with E-state index < -0.39 is 11.9 Å². The van der Waals surface area contributed by atoms with Crippen LogP contribution in [0.3, 0.4) is 0 Å². The third-order valence-electron chi connectivity index (χ3n) is 7.39. The van der Waals surface area contributed by atoms with Gasteiger partial charge in [-0.15, -0.1) is 11.8 Å². The van der Waals surface area contributed by atoms with E-state index >= 15 is 0 Å². The van der Waals surface area contributed by atoms with Crippen molar-refractivity contribution >= 4 is 29.4 Å². The fraction of sp³-hybridized carbons (Fsp3) is 0.615. The Hall–Kier alpha value is -1.99. The predicted octanol–water partition coefficient (Wildman–Crippen LogP) is 4.96. The van der Waals surface area contributed by atoms with Gasteiger partial charge in [0.15, 0.2) is 0 Å². The molecule has 1 aliphatic carbocycles. The first-order chi connectivity index (χ1) is 15.8. The number of carboxylic acid groups (broad SMARTS) is 2. The maximum Gasteiger partial charge on any atom is 0.328 e. The van der Waals surface area contributed by atoms with Crippen LogP contribution in [-0.4, -0.2) is 63.4 Å². The maximum absolute atomic E-state index is 9.55. The number of nitrogens with zero attached hydrogens (tertiary/aromatic N) is 2. The van der Waals surface area contributed by atoms with Gasteiger partial charge < -0.3 is 20.0 Å². The van der Waals surface area contributed by atoms with E-state index in [4.69, 9.17) is 10.2 Å². The number of rotatable bonds is 5.